The Labute approximate surface area is 125 Å². The molecule has 0 aliphatic rings. The average molecular weight is 289 g/mol. The Balaban J connectivity index is 2.11. The van der Waals surface area contributed by atoms with Gasteiger partial charge in [0.25, 0.3) is 0 Å². The predicted molar refractivity (Wildman–Crippen MR) is 80.8 cm³/mol. The molecule has 1 heterocycles. The molecule has 0 bridgehead atoms. The number of nitrogens with one attached hydrogen (secondary N) is 1. The Morgan fingerprint density at radius 2 is 1.95 bits per heavy atom. The second-order valence-electron chi connectivity index (χ2n) is 5.40. The maximum Gasteiger partial charge on any atom is 0.228 e. The first-order chi connectivity index (χ1) is 10.2. The Morgan fingerprint density at radius 3 is 2.52 bits per heavy atom. The molecule has 2 atom stereocenters. The fraction of sp³-hybridized carbons (Fsp3) is 0.500. The molecule has 0 aliphatic heterocycles. The van der Waals surface area contributed by atoms with Crippen molar-refractivity contribution in [2.75, 3.05) is 14.2 Å². The normalized spacial score (nSPS) is 14.3. The molecule has 5 heteroatoms. The molecule has 2 unspecified atom stereocenters. The third kappa shape index (κ3) is 3.89. The zero-order valence-electron chi connectivity index (χ0n) is 13.0. The third-order valence-electron chi connectivity index (χ3n) is 3.53. The molecular formula is C16H23N3O2. The van der Waals surface area contributed by atoms with E-state index in [0.717, 1.165) is 0 Å². The molecule has 1 aromatic heterocycles. The van der Waals surface area contributed by atoms with E-state index in [2.05, 4.69) is 41.4 Å². The summed E-state index contributed by atoms with van der Waals surface area (Å²) in [6.07, 6.45) is 0.523. The summed E-state index contributed by atoms with van der Waals surface area (Å²) in [6.45, 7) is 4.15. The lowest BCUT2D eigenvalue weighted by Gasteiger charge is -2.15. The molecule has 0 saturated heterocycles. The van der Waals surface area contributed by atoms with Gasteiger partial charge in [-0.05, 0) is 18.5 Å². The Kier molecular flexibility index (Phi) is 5.47. The number of methoxy groups -OCH3 is 1. The molecule has 2 aromatic rings. The van der Waals surface area contributed by atoms with E-state index in [1.165, 1.54) is 5.56 Å². The second-order valence-corrected chi connectivity index (χ2v) is 5.40. The third-order valence-corrected chi connectivity index (χ3v) is 3.53. The van der Waals surface area contributed by atoms with Crippen LogP contribution >= 0.6 is 0 Å². The SMILES string of the molecule is CNC(Cc1nc(C(OC)C(C)C)no1)c1ccccc1. The Hall–Kier alpha value is -1.72. The quantitative estimate of drug-likeness (QED) is 0.849. The summed E-state index contributed by atoms with van der Waals surface area (Å²) >= 11 is 0. The fourth-order valence-corrected chi connectivity index (χ4v) is 2.39. The van der Waals surface area contributed by atoms with Crippen LogP contribution in [0.4, 0.5) is 0 Å². The molecule has 0 fully saturated rings. The van der Waals surface area contributed by atoms with Crippen LogP contribution in [0.1, 0.15) is 43.3 Å². The summed E-state index contributed by atoms with van der Waals surface area (Å²) in [5.41, 5.74) is 1.20. The van der Waals surface area contributed by atoms with E-state index in [4.69, 9.17) is 9.26 Å². The zero-order valence-corrected chi connectivity index (χ0v) is 13.0. The van der Waals surface area contributed by atoms with Gasteiger partial charge in [0, 0.05) is 19.6 Å². The van der Waals surface area contributed by atoms with Gasteiger partial charge < -0.3 is 14.6 Å². The van der Waals surface area contributed by atoms with E-state index >= 15 is 0 Å². The van der Waals surface area contributed by atoms with Crippen molar-refractivity contribution in [1.82, 2.24) is 15.5 Å². The summed E-state index contributed by atoms with van der Waals surface area (Å²) in [7, 11) is 3.60. The van der Waals surface area contributed by atoms with Gasteiger partial charge in [0.1, 0.15) is 6.10 Å². The van der Waals surface area contributed by atoms with Gasteiger partial charge in [0.2, 0.25) is 11.7 Å². The average Bonchev–Trinajstić information content (AvgIpc) is 2.94. The van der Waals surface area contributed by atoms with Gasteiger partial charge in [-0.15, -0.1) is 0 Å². The van der Waals surface area contributed by atoms with Crippen LogP contribution in [0.15, 0.2) is 34.9 Å². The summed E-state index contributed by atoms with van der Waals surface area (Å²) in [6, 6.07) is 10.4. The molecule has 0 spiro atoms. The van der Waals surface area contributed by atoms with Crippen molar-refractivity contribution < 1.29 is 9.26 Å². The monoisotopic (exact) mass is 289 g/mol. The summed E-state index contributed by atoms with van der Waals surface area (Å²) < 4.78 is 10.8. The van der Waals surface area contributed by atoms with E-state index < -0.39 is 0 Å². The first-order valence-corrected chi connectivity index (χ1v) is 7.23. The van der Waals surface area contributed by atoms with Gasteiger partial charge in [0.15, 0.2) is 0 Å². The number of aromatic nitrogens is 2. The lowest BCUT2D eigenvalue weighted by molar-refractivity contribution is 0.0555. The van der Waals surface area contributed by atoms with Gasteiger partial charge >= 0.3 is 0 Å². The first-order valence-electron chi connectivity index (χ1n) is 7.23. The van der Waals surface area contributed by atoms with E-state index in [-0.39, 0.29) is 12.1 Å². The highest BCUT2D eigenvalue weighted by molar-refractivity contribution is 5.19. The van der Waals surface area contributed by atoms with Gasteiger partial charge in [0.05, 0.1) is 0 Å². The number of nitrogens with zero attached hydrogens (tertiary/aromatic N) is 2. The minimum Gasteiger partial charge on any atom is -0.373 e. The molecule has 2 rings (SSSR count). The minimum absolute atomic E-state index is 0.132. The second kappa shape index (κ2) is 7.33. The van der Waals surface area contributed by atoms with Crippen molar-refractivity contribution in [2.24, 2.45) is 5.92 Å². The maximum absolute atomic E-state index is 5.43. The van der Waals surface area contributed by atoms with Gasteiger partial charge in [-0.25, -0.2) is 0 Å². The van der Waals surface area contributed by atoms with Gasteiger partial charge in [-0.1, -0.05) is 49.3 Å². The van der Waals surface area contributed by atoms with E-state index in [1.54, 1.807) is 7.11 Å². The molecular weight excluding hydrogens is 266 g/mol. The van der Waals surface area contributed by atoms with Gasteiger partial charge in [-0.2, -0.15) is 4.98 Å². The zero-order chi connectivity index (χ0) is 15.2. The van der Waals surface area contributed by atoms with Crippen LogP contribution in [0, 0.1) is 5.92 Å². The van der Waals surface area contributed by atoms with Gasteiger partial charge in [-0.3, -0.25) is 0 Å². The molecule has 5 nitrogen and oxygen atoms in total. The summed E-state index contributed by atoms with van der Waals surface area (Å²) in [5.74, 6) is 1.54. The maximum atomic E-state index is 5.43. The van der Waals surface area contributed by atoms with Crippen molar-refractivity contribution in [3.8, 4) is 0 Å². The highest BCUT2D eigenvalue weighted by Crippen LogP contribution is 2.23. The predicted octanol–water partition coefficient (Wildman–Crippen LogP) is 2.92. The highest BCUT2D eigenvalue weighted by atomic mass is 16.5. The number of rotatable bonds is 7. The molecule has 0 saturated carbocycles. The summed E-state index contributed by atoms with van der Waals surface area (Å²) in [5, 5.41) is 7.33. The molecule has 0 amide bonds. The molecule has 0 aliphatic carbocycles. The molecule has 114 valence electrons. The van der Waals surface area contributed by atoms with E-state index in [9.17, 15) is 0 Å². The largest absolute Gasteiger partial charge is 0.373 e. The first kappa shape index (κ1) is 15.7. The molecule has 1 N–H and O–H groups in total. The molecule has 21 heavy (non-hydrogen) atoms. The van der Waals surface area contributed by atoms with Crippen LogP contribution in [0.25, 0.3) is 0 Å². The lowest BCUT2D eigenvalue weighted by atomic mass is 10.0. The van der Waals surface area contributed by atoms with Crippen LogP contribution < -0.4 is 5.32 Å². The number of hydrogen-bond donors (Lipinski definition) is 1. The Morgan fingerprint density at radius 1 is 1.24 bits per heavy atom. The van der Waals surface area contributed by atoms with Crippen LogP contribution in [-0.4, -0.2) is 24.3 Å². The van der Waals surface area contributed by atoms with Crippen LogP contribution in [-0.2, 0) is 11.2 Å². The summed E-state index contributed by atoms with van der Waals surface area (Å²) in [4.78, 5) is 4.47. The van der Waals surface area contributed by atoms with Crippen molar-refractivity contribution >= 4 is 0 Å². The van der Waals surface area contributed by atoms with Crippen molar-refractivity contribution in [3.63, 3.8) is 0 Å². The molecule has 1 aromatic carbocycles. The van der Waals surface area contributed by atoms with E-state index in [1.807, 2.05) is 25.2 Å². The topological polar surface area (TPSA) is 60.2 Å². The van der Waals surface area contributed by atoms with Crippen LogP contribution in [0.2, 0.25) is 0 Å². The van der Waals surface area contributed by atoms with Crippen molar-refractivity contribution in [1.29, 1.82) is 0 Å². The number of ether oxygens (including phenoxy) is 1. The Bertz CT molecular complexity index is 539. The lowest BCUT2D eigenvalue weighted by Crippen LogP contribution is -2.19. The number of benzene rings is 1. The smallest absolute Gasteiger partial charge is 0.228 e. The molecule has 0 radical (unpaired) electrons. The number of hydrogen-bond acceptors (Lipinski definition) is 5. The standard InChI is InChI=1S/C16H23N3O2/c1-11(2)15(20-4)16-18-14(21-19-16)10-13(17-3)12-8-6-5-7-9-12/h5-9,11,13,15,17H,10H2,1-4H3. The fourth-order valence-electron chi connectivity index (χ4n) is 2.39. The highest BCUT2D eigenvalue weighted by Gasteiger charge is 2.22. The number of likely N-dealkylation sites (N-methyl/N-ethyl adjacent to an activating group) is 1. The van der Waals surface area contributed by atoms with E-state index in [0.29, 0.717) is 24.1 Å². The van der Waals surface area contributed by atoms with Crippen LogP contribution in [0.3, 0.4) is 0 Å². The minimum atomic E-state index is -0.132. The van der Waals surface area contributed by atoms with Crippen molar-refractivity contribution in [2.45, 2.75) is 32.4 Å². The van der Waals surface area contributed by atoms with Crippen LogP contribution in [0.5, 0.6) is 0 Å². The van der Waals surface area contributed by atoms with Crippen molar-refractivity contribution in [3.05, 3.63) is 47.6 Å².